The molecule has 1 saturated heterocycles. The number of halogens is 3. The standard InChI is InChI=1S/C28H30F2N2O3.ClH/c29-22-11-13-28(24(18-22)27(34)12-10-21-6-2-1-3-7-21)35-20-23(33)19-31-14-16-32(17-15-31)26-9-5-4-8-25(26)30;/h1-9,11,13,18,23,33H,10,12,14-17,19-20H2;1H. The Labute approximate surface area is 216 Å². The number of piperazine rings is 1. The summed E-state index contributed by atoms with van der Waals surface area (Å²) in [4.78, 5) is 16.9. The van der Waals surface area contributed by atoms with Gasteiger partial charge < -0.3 is 14.7 Å². The van der Waals surface area contributed by atoms with E-state index in [2.05, 4.69) is 4.90 Å². The van der Waals surface area contributed by atoms with E-state index in [4.69, 9.17) is 4.74 Å². The molecule has 0 amide bonds. The molecule has 36 heavy (non-hydrogen) atoms. The number of aliphatic hydroxyl groups excluding tert-OH is 1. The van der Waals surface area contributed by atoms with E-state index >= 15 is 0 Å². The molecule has 1 N–H and O–H groups in total. The number of hydrogen-bond acceptors (Lipinski definition) is 5. The maximum Gasteiger partial charge on any atom is 0.167 e. The summed E-state index contributed by atoms with van der Waals surface area (Å²) in [5.41, 5.74) is 1.81. The summed E-state index contributed by atoms with van der Waals surface area (Å²) in [5.74, 6) is -0.675. The second kappa shape index (κ2) is 13.3. The summed E-state index contributed by atoms with van der Waals surface area (Å²) in [6, 6.07) is 20.2. The summed E-state index contributed by atoms with van der Waals surface area (Å²) in [6.45, 7) is 3.07. The normalized spacial score (nSPS) is 14.7. The third kappa shape index (κ3) is 7.50. The number of rotatable bonds is 10. The average molecular weight is 517 g/mol. The van der Waals surface area contributed by atoms with Gasteiger partial charge in [-0.1, -0.05) is 42.5 Å². The van der Waals surface area contributed by atoms with E-state index in [-0.39, 0.29) is 48.3 Å². The molecule has 1 heterocycles. The van der Waals surface area contributed by atoms with Crippen molar-refractivity contribution in [3.05, 3.63) is 95.6 Å². The van der Waals surface area contributed by atoms with Gasteiger partial charge in [0.2, 0.25) is 0 Å². The maximum atomic E-state index is 14.0. The molecule has 0 radical (unpaired) electrons. The summed E-state index contributed by atoms with van der Waals surface area (Å²) in [7, 11) is 0. The van der Waals surface area contributed by atoms with Gasteiger partial charge in [0.05, 0.1) is 11.3 Å². The van der Waals surface area contributed by atoms with Gasteiger partial charge in [0, 0.05) is 39.1 Å². The number of anilines is 1. The molecule has 192 valence electrons. The highest BCUT2D eigenvalue weighted by Crippen LogP contribution is 2.23. The third-order valence-corrected chi connectivity index (χ3v) is 6.19. The first-order chi connectivity index (χ1) is 17.0. The van der Waals surface area contributed by atoms with Crippen LogP contribution in [0, 0.1) is 11.6 Å². The van der Waals surface area contributed by atoms with Crippen LogP contribution in [0.15, 0.2) is 72.8 Å². The molecule has 1 aliphatic rings. The van der Waals surface area contributed by atoms with Crippen molar-refractivity contribution in [2.45, 2.75) is 18.9 Å². The molecule has 0 saturated carbocycles. The molecule has 0 aliphatic carbocycles. The van der Waals surface area contributed by atoms with Crippen molar-refractivity contribution < 1.29 is 23.4 Å². The molecule has 4 rings (SSSR count). The van der Waals surface area contributed by atoms with E-state index in [0.717, 1.165) is 5.56 Å². The lowest BCUT2D eigenvalue weighted by Crippen LogP contribution is -2.49. The topological polar surface area (TPSA) is 53.0 Å². The van der Waals surface area contributed by atoms with Gasteiger partial charge in [0.15, 0.2) is 5.78 Å². The van der Waals surface area contributed by atoms with E-state index < -0.39 is 11.9 Å². The number of aliphatic hydroxyl groups is 1. The molecule has 0 aromatic heterocycles. The Kier molecular flexibility index (Phi) is 10.2. The summed E-state index contributed by atoms with van der Waals surface area (Å²) in [6.07, 6.45) is 0.00260. The zero-order chi connectivity index (χ0) is 24.6. The monoisotopic (exact) mass is 516 g/mol. The highest BCUT2D eigenvalue weighted by atomic mass is 35.5. The van der Waals surface area contributed by atoms with Crippen molar-refractivity contribution in [2.75, 3.05) is 44.2 Å². The highest BCUT2D eigenvalue weighted by molar-refractivity contribution is 5.98. The number of carbonyl (C=O) groups excluding carboxylic acids is 1. The predicted molar refractivity (Wildman–Crippen MR) is 139 cm³/mol. The molecule has 0 bridgehead atoms. The van der Waals surface area contributed by atoms with Crippen LogP contribution in [0.1, 0.15) is 22.3 Å². The number of carbonyl (C=O) groups is 1. The summed E-state index contributed by atoms with van der Waals surface area (Å²) in [5, 5.41) is 10.5. The minimum Gasteiger partial charge on any atom is -0.490 e. The van der Waals surface area contributed by atoms with Crippen LogP contribution >= 0.6 is 12.4 Å². The van der Waals surface area contributed by atoms with Gasteiger partial charge in [-0.2, -0.15) is 0 Å². The number of ether oxygens (including phenoxy) is 1. The number of benzene rings is 3. The molecule has 0 spiro atoms. The smallest absolute Gasteiger partial charge is 0.167 e. The van der Waals surface area contributed by atoms with Crippen molar-refractivity contribution in [2.24, 2.45) is 0 Å². The number of Topliss-reactive ketones (excluding diaryl/α,β-unsaturated/α-hetero) is 1. The molecular formula is C28H31ClF2N2O3. The van der Waals surface area contributed by atoms with Crippen LogP contribution in [0.5, 0.6) is 5.75 Å². The van der Waals surface area contributed by atoms with E-state index in [1.165, 1.54) is 24.3 Å². The molecule has 3 aromatic rings. The Balaban J connectivity index is 0.00000361. The predicted octanol–water partition coefficient (Wildman–Crippen LogP) is 4.76. The number of nitrogens with zero attached hydrogens (tertiary/aromatic N) is 2. The van der Waals surface area contributed by atoms with Gasteiger partial charge in [0.1, 0.15) is 30.1 Å². The fraction of sp³-hybridized carbons (Fsp3) is 0.321. The lowest BCUT2D eigenvalue weighted by molar-refractivity contribution is 0.0654. The van der Waals surface area contributed by atoms with Crippen LogP contribution < -0.4 is 9.64 Å². The van der Waals surface area contributed by atoms with E-state index in [1.54, 1.807) is 12.1 Å². The first-order valence-electron chi connectivity index (χ1n) is 11.9. The van der Waals surface area contributed by atoms with Gasteiger partial charge >= 0.3 is 0 Å². The van der Waals surface area contributed by atoms with Crippen molar-refractivity contribution in [3.8, 4) is 5.75 Å². The number of aryl methyl sites for hydroxylation is 1. The van der Waals surface area contributed by atoms with Gasteiger partial charge in [-0.15, -0.1) is 12.4 Å². The molecule has 5 nitrogen and oxygen atoms in total. The SMILES string of the molecule is Cl.O=C(CCc1ccccc1)c1cc(F)ccc1OCC(O)CN1CCN(c2ccccc2F)CC1. The highest BCUT2D eigenvalue weighted by Gasteiger charge is 2.22. The van der Waals surface area contributed by atoms with Gasteiger partial charge in [-0.3, -0.25) is 9.69 Å². The van der Waals surface area contributed by atoms with E-state index in [1.807, 2.05) is 41.3 Å². The lowest BCUT2D eigenvalue weighted by Gasteiger charge is -2.37. The third-order valence-electron chi connectivity index (χ3n) is 6.19. The Morgan fingerprint density at radius 1 is 0.944 bits per heavy atom. The first-order valence-corrected chi connectivity index (χ1v) is 11.9. The molecule has 8 heteroatoms. The van der Waals surface area contributed by atoms with Gasteiger partial charge in [-0.05, 0) is 42.3 Å². The maximum absolute atomic E-state index is 14.0. The average Bonchev–Trinajstić information content (AvgIpc) is 2.88. The van der Waals surface area contributed by atoms with Crippen molar-refractivity contribution in [1.29, 1.82) is 0 Å². The van der Waals surface area contributed by atoms with Crippen LogP contribution in [-0.4, -0.2) is 61.2 Å². The Hall–Kier alpha value is -3.00. The van der Waals surface area contributed by atoms with Gasteiger partial charge in [0.25, 0.3) is 0 Å². The zero-order valence-corrected chi connectivity index (χ0v) is 20.8. The van der Waals surface area contributed by atoms with Crippen molar-refractivity contribution in [3.63, 3.8) is 0 Å². The fourth-order valence-electron chi connectivity index (χ4n) is 4.30. The minimum atomic E-state index is -0.785. The molecule has 1 unspecified atom stereocenters. The van der Waals surface area contributed by atoms with Crippen LogP contribution in [0.3, 0.4) is 0 Å². The zero-order valence-electron chi connectivity index (χ0n) is 20.0. The molecule has 1 atom stereocenters. The van der Waals surface area contributed by atoms with E-state index in [9.17, 15) is 18.7 Å². The number of ketones is 1. The Morgan fingerprint density at radius 3 is 2.36 bits per heavy atom. The minimum absolute atomic E-state index is 0. The number of β-amino-alcohol motifs (C(OH)–C–C–N with tert-alkyl or cyclic N) is 1. The summed E-state index contributed by atoms with van der Waals surface area (Å²) >= 11 is 0. The molecule has 1 fully saturated rings. The van der Waals surface area contributed by atoms with Crippen molar-refractivity contribution >= 4 is 23.9 Å². The van der Waals surface area contributed by atoms with Gasteiger partial charge in [-0.25, -0.2) is 8.78 Å². The second-order valence-electron chi connectivity index (χ2n) is 8.75. The van der Waals surface area contributed by atoms with E-state index in [0.29, 0.717) is 44.8 Å². The lowest BCUT2D eigenvalue weighted by atomic mass is 10.0. The van der Waals surface area contributed by atoms with Crippen LogP contribution in [0.2, 0.25) is 0 Å². The number of para-hydroxylation sites is 1. The summed E-state index contributed by atoms with van der Waals surface area (Å²) < 4.78 is 33.7. The molecule has 3 aromatic carbocycles. The van der Waals surface area contributed by atoms with Crippen molar-refractivity contribution in [1.82, 2.24) is 4.90 Å². The van der Waals surface area contributed by atoms with Crippen LogP contribution in [-0.2, 0) is 6.42 Å². The largest absolute Gasteiger partial charge is 0.490 e. The molecular weight excluding hydrogens is 486 g/mol. The fourth-order valence-corrected chi connectivity index (χ4v) is 4.30. The number of hydrogen-bond donors (Lipinski definition) is 1. The van der Waals surface area contributed by atoms with Crippen LogP contribution in [0.4, 0.5) is 14.5 Å². The quantitative estimate of drug-likeness (QED) is 0.394. The Bertz CT molecular complexity index is 1120. The molecule has 1 aliphatic heterocycles. The second-order valence-corrected chi connectivity index (χ2v) is 8.75. The Morgan fingerprint density at radius 2 is 1.64 bits per heavy atom. The first kappa shape index (κ1) is 27.6. The van der Waals surface area contributed by atoms with Crippen LogP contribution in [0.25, 0.3) is 0 Å².